The lowest BCUT2D eigenvalue weighted by molar-refractivity contribution is -0.151. The number of hydrogen-bond donors (Lipinski definition) is 0. The molecule has 0 aliphatic heterocycles. The maximum atomic E-state index is 11.3. The molecule has 74 valence electrons. The summed E-state index contributed by atoms with van der Waals surface area (Å²) in [6, 6.07) is 0. The fourth-order valence-corrected chi connectivity index (χ4v) is 1.45. The second kappa shape index (κ2) is 3.51. The van der Waals surface area contributed by atoms with Crippen molar-refractivity contribution in [3.05, 3.63) is 23.1 Å². The van der Waals surface area contributed by atoms with E-state index in [-0.39, 0.29) is 5.92 Å². The molecule has 0 radical (unpaired) electrons. The Morgan fingerprint density at radius 1 is 1.79 bits per heavy atom. The van der Waals surface area contributed by atoms with Crippen LogP contribution in [0.4, 0.5) is 0 Å². The van der Waals surface area contributed by atoms with Crippen molar-refractivity contribution in [3.8, 4) is 0 Å². The van der Waals surface area contributed by atoms with Gasteiger partial charge in [-0.05, 0) is 17.1 Å². The Morgan fingerprint density at radius 2 is 2.43 bits per heavy atom. The molecule has 0 spiro atoms. The Balaban J connectivity index is 2.97. The van der Waals surface area contributed by atoms with Crippen LogP contribution in [0, 0.1) is 11.3 Å². The first kappa shape index (κ1) is 10.3. The van der Waals surface area contributed by atoms with Gasteiger partial charge in [0.2, 0.25) is 5.91 Å². The van der Waals surface area contributed by atoms with Crippen molar-refractivity contribution < 1.29 is 14.3 Å². The molecular formula is C8H9N3O3. The molecule has 1 saturated carbocycles. The molecule has 0 unspecified atom stereocenters. The molecule has 6 nitrogen and oxygen atoms in total. The number of amides is 1. The summed E-state index contributed by atoms with van der Waals surface area (Å²) in [7, 11) is 1.19. The topological polar surface area (TPSA) is 92.1 Å². The van der Waals surface area contributed by atoms with Gasteiger partial charge in [0.25, 0.3) is 0 Å². The van der Waals surface area contributed by atoms with Crippen molar-refractivity contribution >= 4 is 11.9 Å². The molecule has 1 fully saturated rings. The quantitative estimate of drug-likeness (QED) is 0.169. The Hall–Kier alpha value is -1.81. The Kier molecular flexibility index (Phi) is 2.58. The fourth-order valence-electron chi connectivity index (χ4n) is 1.45. The minimum Gasteiger partial charge on any atom is -0.468 e. The molecule has 1 rings (SSSR count). The first-order chi connectivity index (χ1) is 6.63. The third-order valence-electron chi connectivity index (χ3n) is 2.37. The van der Waals surface area contributed by atoms with Gasteiger partial charge in [0, 0.05) is 10.8 Å². The monoisotopic (exact) mass is 195 g/mol. The maximum Gasteiger partial charge on any atom is 0.320 e. The van der Waals surface area contributed by atoms with Gasteiger partial charge in [0.1, 0.15) is 5.41 Å². The summed E-state index contributed by atoms with van der Waals surface area (Å²) in [5.74, 6) is -1.75. The summed E-state index contributed by atoms with van der Waals surface area (Å²) >= 11 is 0. The number of carbonyl (C=O) groups is 2. The molecule has 0 aromatic rings. The van der Waals surface area contributed by atoms with Gasteiger partial charge in [-0.15, -0.1) is 6.58 Å². The standard InChI is InChI=1S/C8H9N3O3/c1-3-5-4-8(5,7(13)14-2)6(12)10-11-9/h3,5H,1,4H2,2H3/t5-,8+/m1/s1. The van der Waals surface area contributed by atoms with Gasteiger partial charge >= 0.3 is 5.97 Å². The average molecular weight is 195 g/mol. The van der Waals surface area contributed by atoms with E-state index in [1.165, 1.54) is 13.2 Å². The molecule has 6 heteroatoms. The van der Waals surface area contributed by atoms with Gasteiger partial charge in [0.15, 0.2) is 0 Å². The highest BCUT2D eigenvalue weighted by Gasteiger charge is 2.64. The predicted octanol–water partition coefficient (Wildman–Crippen LogP) is 1.19. The lowest BCUT2D eigenvalue weighted by Gasteiger charge is -2.08. The van der Waals surface area contributed by atoms with E-state index in [0.717, 1.165) is 0 Å². The molecule has 1 aliphatic rings. The summed E-state index contributed by atoms with van der Waals surface area (Å²) in [6.45, 7) is 3.48. The molecule has 1 aliphatic carbocycles. The van der Waals surface area contributed by atoms with Gasteiger partial charge in [0.05, 0.1) is 7.11 Å². The van der Waals surface area contributed by atoms with Crippen LogP contribution in [0.5, 0.6) is 0 Å². The number of azide groups is 1. The molecule has 0 saturated heterocycles. The summed E-state index contributed by atoms with van der Waals surface area (Å²) in [5.41, 5.74) is 6.80. The molecule has 0 bridgehead atoms. The first-order valence-electron chi connectivity index (χ1n) is 3.94. The van der Waals surface area contributed by atoms with Crippen LogP contribution >= 0.6 is 0 Å². The number of hydrogen-bond acceptors (Lipinski definition) is 3. The SMILES string of the molecule is C=C[C@@H]1C[C@]1(C(=O)N=[N+]=[N-])C(=O)OC. The molecule has 0 heterocycles. The van der Waals surface area contributed by atoms with Crippen LogP contribution in [-0.4, -0.2) is 19.0 Å². The first-order valence-corrected chi connectivity index (χ1v) is 3.94. The summed E-state index contributed by atoms with van der Waals surface area (Å²) < 4.78 is 4.49. The second-order valence-corrected chi connectivity index (χ2v) is 3.00. The normalized spacial score (nSPS) is 28.5. The summed E-state index contributed by atoms with van der Waals surface area (Å²) in [4.78, 5) is 25.0. The molecule has 0 N–H and O–H groups in total. The lowest BCUT2D eigenvalue weighted by atomic mass is 10.0. The predicted molar refractivity (Wildman–Crippen MR) is 46.9 cm³/mol. The average Bonchev–Trinajstić information content (AvgIpc) is 2.92. The zero-order valence-corrected chi connectivity index (χ0v) is 7.64. The number of esters is 1. The van der Waals surface area contributed by atoms with Crippen molar-refractivity contribution in [2.45, 2.75) is 6.42 Å². The number of methoxy groups -OCH3 is 1. The van der Waals surface area contributed by atoms with Crippen molar-refractivity contribution in [1.82, 2.24) is 0 Å². The molecule has 1 amide bonds. The van der Waals surface area contributed by atoms with E-state index in [1.807, 2.05) is 0 Å². The van der Waals surface area contributed by atoms with Gasteiger partial charge in [-0.1, -0.05) is 6.08 Å². The van der Waals surface area contributed by atoms with Crippen molar-refractivity contribution in [2.75, 3.05) is 7.11 Å². The highest BCUT2D eigenvalue weighted by molar-refractivity contribution is 6.07. The Labute approximate surface area is 80.2 Å². The number of ether oxygens (including phenoxy) is 1. The van der Waals surface area contributed by atoms with Crippen LogP contribution in [0.2, 0.25) is 0 Å². The van der Waals surface area contributed by atoms with Crippen LogP contribution in [-0.2, 0) is 14.3 Å². The Bertz CT molecular complexity index is 346. The second-order valence-electron chi connectivity index (χ2n) is 3.00. The molecule has 0 aromatic heterocycles. The lowest BCUT2D eigenvalue weighted by Crippen LogP contribution is -2.27. The van der Waals surface area contributed by atoms with Gasteiger partial charge in [-0.2, -0.15) is 0 Å². The van der Waals surface area contributed by atoms with Crippen molar-refractivity contribution in [3.63, 3.8) is 0 Å². The van der Waals surface area contributed by atoms with Gasteiger partial charge in [-0.3, -0.25) is 9.59 Å². The third kappa shape index (κ3) is 1.25. The number of nitrogens with zero attached hydrogens (tertiary/aromatic N) is 3. The van der Waals surface area contributed by atoms with E-state index in [9.17, 15) is 9.59 Å². The van der Waals surface area contributed by atoms with Gasteiger partial charge in [-0.25, -0.2) is 0 Å². The number of carbonyl (C=O) groups excluding carboxylic acids is 2. The zero-order chi connectivity index (χ0) is 10.8. The van der Waals surface area contributed by atoms with E-state index < -0.39 is 17.3 Å². The van der Waals surface area contributed by atoms with Crippen molar-refractivity contribution in [2.24, 2.45) is 16.4 Å². The molecule has 0 aromatic carbocycles. The van der Waals surface area contributed by atoms with Crippen LogP contribution < -0.4 is 0 Å². The van der Waals surface area contributed by atoms with Crippen LogP contribution in [0.25, 0.3) is 10.4 Å². The smallest absolute Gasteiger partial charge is 0.320 e. The van der Waals surface area contributed by atoms with Crippen LogP contribution in [0.1, 0.15) is 6.42 Å². The minimum absolute atomic E-state index is 0.284. The van der Waals surface area contributed by atoms with Crippen molar-refractivity contribution in [1.29, 1.82) is 0 Å². The Morgan fingerprint density at radius 3 is 2.79 bits per heavy atom. The summed E-state index contributed by atoms with van der Waals surface area (Å²) in [5, 5.41) is 2.92. The van der Waals surface area contributed by atoms with Gasteiger partial charge < -0.3 is 4.74 Å². The largest absolute Gasteiger partial charge is 0.468 e. The maximum absolute atomic E-state index is 11.3. The zero-order valence-electron chi connectivity index (χ0n) is 7.64. The fraction of sp³-hybridized carbons (Fsp3) is 0.500. The molecular weight excluding hydrogens is 186 g/mol. The van der Waals surface area contributed by atoms with E-state index in [4.69, 9.17) is 5.53 Å². The molecule has 14 heavy (non-hydrogen) atoms. The van der Waals surface area contributed by atoms with E-state index in [1.54, 1.807) is 0 Å². The third-order valence-corrected chi connectivity index (χ3v) is 2.37. The van der Waals surface area contributed by atoms with E-state index in [2.05, 4.69) is 21.3 Å². The number of allylic oxidation sites excluding steroid dienone is 1. The molecule has 2 atom stereocenters. The number of rotatable bonds is 3. The van der Waals surface area contributed by atoms with Crippen LogP contribution in [0.15, 0.2) is 17.8 Å². The van der Waals surface area contributed by atoms with Crippen LogP contribution in [0.3, 0.4) is 0 Å². The summed E-state index contributed by atoms with van der Waals surface area (Å²) in [6.07, 6.45) is 1.79. The van der Waals surface area contributed by atoms with E-state index in [0.29, 0.717) is 6.42 Å². The van der Waals surface area contributed by atoms with E-state index >= 15 is 0 Å². The minimum atomic E-state index is -1.30. The highest BCUT2D eigenvalue weighted by atomic mass is 16.5. The highest BCUT2D eigenvalue weighted by Crippen LogP contribution is 2.55.